The summed E-state index contributed by atoms with van der Waals surface area (Å²) in [6.45, 7) is 0.864. The molecule has 0 atom stereocenters. The quantitative estimate of drug-likeness (QED) is 0.887. The van der Waals surface area contributed by atoms with Crippen LogP contribution in [0.15, 0.2) is 48.5 Å². The van der Waals surface area contributed by atoms with E-state index in [1.165, 1.54) is 5.56 Å². The summed E-state index contributed by atoms with van der Waals surface area (Å²) in [6, 6.07) is 16.5. The molecule has 0 fully saturated rings. The molecule has 0 aliphatic carbocycles. The third kappa shape index (κ3) is 3.41. The largest absolute Gasteiger partial charge is 0.497 e. The van der Waals surface area contributed by atoms with Crippen molar-refractivity contribution in [2.45, 2.75) is 6.54 Å². The highest BCUT2D eigenvalue weighted by Crippen LogP contribution is 2.22. The summed E-state index contributed by atoms with van der Waals surface area (Å²) in [5.74, 6) is 0.883. The molecule has 2 aromatic carbocycles. The normalized spacial score (nSPS) is 10.1. The smallest absolute Gasteiger partial charge is 0.120 e. The van der Waals surface area contributed by atoms with Crippen LogP contribution in [0.1, 0.15) is 5.56 Å². The molecule has 1 N–H and O–H groups in total. The van der Waals surface area contributed by atoms with Gasteiger partial charge in [0.25, 0.3) is 0 Å². The number of hydrogen-bond donors (Lipinski definition) is 1. The van der Waals surface area contributed by atoms with Crippen molar-refractivity contribution in [3.63, 3.8) is 0 Å². The summed E-state index contributed by atoms with van der Waals surface area (Å²) in [6.07, 6.45) is 0. The van der Waals surface area contributed by atoms with E-state index in [1.807, 2.05) is 25.2 Å². The van der Waals surface area contributed by atoms with Crippen molar-refractivity contribution in [1.29, 1.82) is 0 Å². The second-order valence-electron chi connectivity index (χ2n) is 4.51. The van der Waals surface area contributed by atoms with Crippen LogP contribution < -0.4 is 15.0 Å². The SMILES string of the molecule is CNc1cccc(CN(C)c2cccc(OC)c2)c1. The molecule has 100 valence electrons. The van der Waals surface area contributed by atoms with Gasteiger partial charge in [-0.15, -0.1) is 0 Å². The first-order valence-electron chi connectivity index (χ1n) is 6.35. The molecule has 0 saturated heterocycles. The van der Waals surface area contributed by atoms with Gasteiger partial charge in [-0.25, -0.2) is 0 Å². The fourth-order valence-electron chi connectivity index (χ4n) is 2.04. The van der Waals surface area contributed by atoms with Gasteiger partial charge in [0.15, 0.2) is 0 Å². The van der Waals surface area contributed by atoms with E-state index in [9.17, 15) is 0 Å². The van der Waals surface area contributed by atoms with Crippen LogP contribution >= 0.6 is 0 Å². The molecule has 0 saturated carbocycles. The Morgan fingerprint density at radius 2 is 1.89 bits per heavy atom. The highest BCUT2D eigenvalue weighted by molar-refractivity contribution is 5.52. The van der Waals surface area contributed by atoms with Gasteiger partial charge >= 0.3 is 0 Å². The molecule has 2 rings (SSSR count). The molecule has 0 heterocycles. The predicted molar refractivity (Wildman–Crippen MR) is 81.1 cm³/mol. The van der Waals surface area contributed by atoms with Gasteiger partial charge in [-0.3, -0.25) is 0 Å². The minimum atomic E-state index is 0.864. The van der Waals surface area contributed by atoms with E-state index >= 15 is 0 Å². The number of nitrogens with one attached hydrogen (secondary N) is 1. The van der Waals surface area contributed by atoms with Crippen molar-refractivity contribution < 1.29 is 4.74 Å². The molecular formula is C16H20N2O. The van der Waals surface area contributed by atoms with Gasteiger partial charge in [0.2, 0.25) is 0 Å². The molecule has 2 aromatic rings. The van der Waals surface area contributed by atoms with Crippen molar-refractivity contribution in [2.75, 3.05) is 31.4 Å². The predicted octanol–water partition coefficient (Wildman–Crippen LogP) is 3.37. The number of ether oxygens (including phenoxy) is 1. The van der Waals surface area contributed by atoms with Gasteiger partial charge in [0.1, 0.15) is 5.75 Å². The van der Waals surface area contributed by atoms with E-state index in [0.717, 1.165) is 23.7 Å². The van der Waals surface area contributed by atoms with E-state index in [-0.39, 0.29) is 0 Å². The molecular weight excluding hydrogens is 236 g/mol. The fourth-order valence-corrected chi connectivity index (χ4v) is 2.04. The van der Waals surface area contributed by atoms with Gasteiger partial charge in [-0.1, -0.05) is 18.2 Å². The van der Waals surface area contributed by atoms with Gasteiger partial charge in [0, 0.05) is 38.1 Å². The molecule has 0 radical (unpaired) electrons. The van der Waals surface area contributed by atoms with Gasteiger partial charge in [-0.05, 0) is 29.8 Å². The van der Waals surface area contributed by atoms with Gasteiger partial charge in [0.05, 0.1) is 7.11 Å². The molecule has 0 aliphatic rings. The number of benzene rings is 2. The maximum atomic E-state index is 5.26. The van der Waals surface area contributed by atoms with Crippen molar-refractivity contribution in [3.05, 3.63) is 54.1 Å². The van der Waals surface area contributed by atoms with Crippen molar-refractivity contribution in [2.24, 2.45) is 0 Å². The van der Waals surface area contributed by atoms with Crippen LogP contribution in [0.3, 0.4) is 0 Å². The molecule has 0 aliphatic heterocycles. The van der Waals surface area contributed by atoms with Crippen molar-refractivity contribution in [3.8, 4) is 5.75 Å². The lowest BCUT2D eigenvalue weighted by Gasteiger charge is -2.20. The lowest BCUT2D eigenvalue weighted by Crippen LogP contribution is -2.16. The highest BCUT2D eigenvalue weighted by Gasteiger charge is 2.04. The standard InChI is InChI=1S/C16H20N2O/c1-17-14-7-4-6-13(10-14)12-18(2)15-8-5-9-16(11-15)19-3/h4-11,17H,12H2,1-3H3. The number of rotatable bonds is 5. The van der Waals surface area contributed by atoms with Crippen molar-refractivity contribution >= 4 is 11.4 Å². The summed E-state index contributed by atoms with van der Waals surface area (Å²) in [4.78, 5) is 2.21. The Bertz CT molecular complexity index is 540. The number of hydrogen-bond acceptors (Lipinski definition) is 3. The van der Waals surface area contributed by atoms with Crippen LogP contribution in [0.5, 0.6) is 5.75 Å². The topological polar surface area (TPSA) is 24.5 Å². The van der Waals surface area contributed by atoms with E-state index in [0.29, 0.717) is 0 Å². The first-order valence-corrected chi connectivity index (χ1v) is 6.35. The molecule has 3 heteroatoms. The molecule has 0 aromatic heterocycles. The average Bonchev–Trinajstić information content (AvgIpc) is 2.47. The van der Waals surface area contributed by atoms with Crippen LogP contribution in [0.2, 0.25) is 0 Å². The minimum absolute atomic E-state index is 0.864. The zero-order valence-electron chi connectivity index (χ0n) is 11.7. The van der Waals surface area contributed by atoms with E-state index < -0.39 is 0 Å². The maximum absolute atomic E-state index is 5.26. The van der Waals surface area contributed by atoms with E-state index in [2.05, 4.69) is 47.6 Å². The summed E-state index contributed by atoms with van der Waals surface area (Å²) in [7, 11) is 5.71. The van der Waals surface area contributed by atoms with Crippen LogP contribution in [-0.2, 0) is 6.54 Å². The third-order valence-electron chi connectivity index (χ3n) is 3.13. The molecule has 19 heavy (non-hydrogen) atoms. The zero-order chi connectivity index (χ0) is 13.7. The Balaban J connectivity index is 2.13. The second kappa shape index (κ2) is 6.14. The highest BCUT2D eigenvalue weighted by atomic mass is 16.5. The molecule has 0 amide bonds. The lowest BCUT2D eigenvalue weighted by molar-refractivity contribution is 0.415. The number of nitrogens with zero attached hydrogens (tertiary/aromatic N) is 1. The Morgan fingerprint density at radius 3 is 2.63 bits per heavy atom. The summed E-state index contributed by atoms with van der Waals surface area (Å²) in [5.41, 5.74) is 3.56. The Hall–Kier alpha value is -2.16. The van der Waals surface area contributed by atoms with E-state index in [1.54, 1.807) is 7.11 Å². The summed E-state index contributed by atoms with van der Waals surface area (Å²) < 4.78 is 5.26. The van der Waals surface area contributed by atoms with Crippen LogP contribution in [0.25, 0.3) is 0 Å². The summed E-state index contributed by atoms with van der Waals surface area (Å²) >= 11 is 0. The lowest BCUT2D eigenvalue weighted by atomic mass is 10.2. The monoisotopic (exact) mass is 256 g/mol. The van der Waals surface area contributed by atoms with Gasteiger partial charge in [-0.2, -0.15) is 0 Å². The first kappa shape index (κ1) is 13.3. The maximum Gasteiger partial charge on any atom is 0.120 e. The molecule has 3 nitrogen and oxygen atoms in total. The third-order valence-corrected chi connectivity index (χ3v) is 3.13. The van der Waals surface area contributed by atoms with Crippen LogP contribution in [0.4, 0.5) is 11.4 Å². The van der Waals surface area contributed by atoms with E-state index in [4.69, 9.17) is 4.74 Å². The Kier molecular flexibility index (Phi) is 4.29. The molecule has 0 unspecified atom stereocenters. The average molecular weight is 256 g/mol. The fraction of sp³-hybridized carbons (Fsp3) is 0.250. The second-order valence-corrected chi connectivity index (χ2v) is 4.51. The Morgan fingerprint density at radius 1 is 1.11 bits per heavy atom. The van der Waals surface area contributed by atoms with Gasteiger partial charge < -0.3 is 15.0 Å². The summed E-state index contributed by atoms with van der Waals surface area (Å²) in [5, 5.41) is 3.16. The van der Waals surface area contributed by atoms with Crippen molar-refractivity contribution in [1.82, 2.24) is 0 Å². The molecule has 0 bridgehead atoms. The molecule has 0 spiro atoms. The van der Waals surface area contributed by atoms with Crippen LogP contribution in [0, 0.1) is 0 Å². The number of methoxy groups -OCH3 is 1. The number of anilines is 2. The van der Waals surface area contributed by atoms with Crippen LogP contribution in [-0.4, -0.2) is 21.2 Å². The minimum Gasteiger partial charge on any atom is -0.497 e. The Labute approximate surface area is 114 Å². The first-order chi connectivity index (χ1) is 9.22. The zero-order valence-corrected chi connectivity index (χ0v) is 11.7.